The lowest BCUT2D eigenvalue weighted by molar-refractivity contribution is 1.19. The van der Waals surface area contributed by atoms with Crippen molar-refractivity contribution in [3.05, 3.63) is 130 Å². The summed E-state index contributed by atoms with van der Waals surface area (Å²) in [6, 6.07) is 38.0. The van der Waals surface area contributed by atoms with Crippen LogP contribution in [0.5, 0.6) is 0 Å². The molecule has 0 amide bonds. The van der Waals surface area contributed by atoms with Gasteiger partial charge in [0.25, 0.3) is 0 Å². The van der Waals surface area contributed by atoms with Gasteiger partial charge in [0.05, 0.1) is 0 Å². The second-order valence-corrected chi connectivity index (χ2v) is 7.44. The molecule has 1 nitrogen and oxygen atoms in total. The summed E-state index contributed by atoms with van der Waals surface area (Å²) < 4.78 is 1.11. The summed E-state index contributed by atoms with van der Waals surface area (Å²) in [6.45, 7) is 2.08. The predicted octanol–water partition coefficient (Wildman–Crippen LogP) is 7.28. The van der Waals surface area contributed by atoms with Crippen LogP contribution in [0.15, 0.2) is 114 Å². The van der Waals surface area contributed by atoms with Crippen molar-refractivity contribution < 1.29 is 0 Å². The molecule has 0 atom stereocenters. The molecule has 0 aliphatic heterocycles. The van der Waals surface area contributed by atoms with Crippen LogP contribution in [0.1, 0.15) is 16.7 Å². The maximum Gasteiger partial charge on any atom is 0.0181 e. The molecule has 4 aromatic rings. The Labute approximate surface area is 183 Å². The first-order valence-corrected chi connectivity index (χ1v) is 10.5. The van der Waals surface area contributed by atoms with Gasteiger partial charge in [0.2, 0.25) is 0 Å². The van der Waals surface area contributed by atoms with E-state index >= 15 is 0 Å². The van der Waals surface area contributed by atoms with Crippen molar-refractivity contribution in [2.45, 2.75) is 13.3 Å². The number of hydrogen-bond donors (Lipinski definition) is 1. The monoisotopic (exact) mass is 445 g/mol. The Morgan fingerprint density at radius 1 is 0.586 bits per heavy atom. The number of hydrogen-bond acceptors (Lipinski definition) is 1. The predicted molar refractivity (Wildman–Crippen MR) is 130 cm³/mol. The van der Waals surface area contributed by atoms with Crippen molar-refractivity contribution in [3.63, 3.8) is 0 Å². The van der Waals surface area contributed by atoms with E-state index in [2.05, 4.69) is 120 Å². The van der Waals surface area contributed by atoms with Crippen LogP contribution in [0.3, 0.4) is 0 Å². The molecule has 0 saturated carbocycles. The van der Waals surface area contributed by atoms with Gasteiger partial charge in [-0.25, -0.2) is 0 Å². The van der Waals surface area contributed by atoms with E-state index < -0.39 is 0 Å². The van der Waals surface area contributed by atoms with Gasteiger partial charge < -0.3 is 5.73 Å². The lowest BCUT2D eigenvalue weighted by atomic mass is 9.99. The second-order valence-electron chi connectivity index (χ2n) is 6.53. The zero-order valence-corrected chi connectivity index (χ0v) is 18.6. The maximum atomic E-state index is 4.50. The van der Waals surface area contributed by atoms with Crippen molar-refractivity contribution >= 4 is 15.9 Å². The van der Waals surface area contributed by atoms with Crippen molar-refractivity contribution in [3.8, 4) is 11.1 Å². The quantitative estimate of drug-likeness (QED) is 0.352. The Kier molecular flexibility index (Phi) is 9.91. The van der Waals surface area contributed by atoms with Gasteiger partial charge >= 0.3 is 0 Å². The van der Waals surface area contributed by atoms with Gasteiger partial charge in [-0.15, -0.1) is 0 Å². The molecule has 0 heterocycles. The molecule has 29 heavy (non-hydrogen) atoms. The number of halogens is 1. The molecule has 0 aliphatic carbocycles. The molecular weight excluding hydrogens is 418 g/mol. The van der Waals surface area contributed by atoms with E-state index in [4.69, 9.17) is 0 Å². The zero-order valence-electron chi connectivity index (χ0n) is 17.1. The van der Waals surface area contributed by atoms with E-state index in [9.17, 15) is 0 Å². The largest absolute Gasteiger partial charge is 0.333 e. The van der Waals surface area contributed by atoms with Crippen LogP contribution in [0, 0.1) is 6.92 Å². The van der Waals surface area contributed by atoms with Gasteiger partial charge in [-0.3, -0.25) is 0 Å². The standard InChI is InChI=1S/C19H15Br.C7H8.CH5N/c20-19-11-5-10-18(14-19)17-9-4-8-16(13-17)12-15-6-2-1-3-7-15;1-7-5-3-2-4-6-7;1-2/h1-11,13-14H,12H2;2-6H,1H3;2H2,1H3. The Morgan fingerprint density at radius 2 is 1.10 bits per heavy atom. The highest BCUT2D eigenvalue weighted by atomic mass is 79.9. The Bertz CT molecular complexity index is 966. The third kappa shape index (κ3) is 8.06. The summed E-state index contributed by atoms with van der Waals surface area (Å²) in [5.41, 5.74) is 11.0. The van der Waals surface area contributed by atoms with Crippen LogP contribution in [0.2, 0.25) is 0 Å². The van der Waals surface area contributed by atoms with E-state index in [0.29, 0.717) is 0 Å². The molecule has 148 valence electrons. The SMILES string of the molecule is Brc1cccc(-c2cccc(Cc3ccccc3)c2)c1.CN.Cc1ccccc1. The molecule has 4 aromatic carbocycles. The third-order valence-corrected chi connectivity index (χ3v) is 4.77. The first-order valence-electron chi connectivity index (χ1n) is 9.69. The molecule has 0 aromatic heterocycles. The van der Waals surface area contributed by atoms with Crippen molar-refractivity contribution in [1.29, 1.82) is 0 Å². The van der Waals surface area contributed by atoms with Crippen LogP contribution >= 0.6 is 15.9 Å². The Morgan fingerprint density at radius 3 is 1.66 bits per heavy atom. The van der Waals surface area contributed by atoms with Gasteiger partial charge in [0, 0.05) is 4.47 Å². The minimum absolute atomic E-state index is 0.975. The highest BCUT2D eigenvalue weighted by Gasteiger charge is 2.01. The lowest BCUT2D eigenvalue weighted by Gasteiger charge is -2.06. The first-order chi connectivity index (χ1) is 14.2. The number of nitrogens with two attached hydrogens (primary N) is 1. The van der Waals surface area contributed by atoms with Crippen LogP contribution < -0.4 is 5.73 Å². The topological polar surface area (TPSA) is 26.0 Å². The first kappa shape index (κ1) is 22.6. The molecule has 0 fully saturated rings. The molecular formula is C27H28BrN. The Hall–Kier alpha value is -2.68. The normalized spacial score (nSPS) is 9.52. The summed E-state index contributed by atoms with van der Waals surface area (Å²) in [5.74, 6) is 0. The molecule has 0 saturated heterocycles. The van der Waals surface area contributed by atoms with E-state index in [0.717, 1.165) is 10.9 Å². The minimum atomic E-state index is 0.975. The number of aryl methyl sites for hydroxylation is 1. The fraction of sp³-hybridized carbons (Fsp3) is 0.111. The van der Waals surface area contributed by atoms with Gasteiger partial charge in [0.15, 0.2) is 0 Å². The van der Waals surface area contributed by atoms with Gasteiger partial charge in [0.1, 0.15) is 0 Å². The van der Waals surface area contributed by atoms with Crippen molar-refractivity contribution in [1.82, 2.24) is 0 Å². The molecule has 2 N–H and O–H groups in total. The highest BCUT2D eigenvalue weighted by molar-refractivity contribution is 9.10. The summed E-state index contributed by atoms with van der Waals surface area (Å²) in [5, 5.41) is 0. The van der Waals surface area contributed by atoms with Crippen LogP contribution in [-0.4, -0.2) is 7.05 Å². The van der Waals surface area contributed by atoms with Crippen molar-refractivity contribution in [2.75, 3.05) is 7.05 Å². The fourth-order valence-corrected chi connectivity index (χ4v) is 3.29. The van der Waals surface area contributed by atoms with E-state index in [1.807, 2.05) is 18.2 Å². The number of rotatable bonds is 3. The van der Waals surface area contributed by atoms with Crippen LogP contribution in [-0.2, 0) is 6.42 Å². The van der Waals surface area contributed by atoms with E-state index in [1.165, 1.54) is 34.9 Å². The lowest BCUT2D eigenvalue weighted by Crippen LogP contribution is -1.88. The summed E-state index contributed by atoms with van der Waals surface area (Å²) in [6.07, 6.45) is 0.975. The minimum Gasteiger partial charge on any atom is -0.333 e. The number of benzene rings is 4. The van der Waals surface area contributed by atoms with Gasteiger partial charge in [-0.2, -0.15) is 0 Å². The van der Waals surface area contributed by atoms with Gasteiger partial charge in [-0.05, 0) is 54.8 Å². The smallest absolute Gasteiger partial charge is 0.0181 e. The summed E-state index contributed by atoms with van der Waals surface area (Å²) in [4.78, 5) is 0. The molecule has 0 bridgehead atoms. The Balaban J connectivity index is 0.000000280. The van der Waals surface area contributed by atoms with Crippen molar-refractivity contribution in [2.24, 2.45) is 5.73 Å². The third-order valence-electron chi connectivity index (χ3n) is 4.28. The maximum absolute atomic E-state index is 4.50. The van der Waals surface area contributed by atoms with Gasteiger partial charge in [-0.1, -0.05) is 119 Å². The summed E-state index contributed by atoms with van der Waals surface area (Å²) in [7, 11) is 1.50. The molecule has 0 aliphatic rings. The van der Waals surface area contributed by atoms with Crippen LogP contribution in [0.25, 0.3) is 11.1 Å². The summed E-state index contributed by atoms with van der Waals surface area (Å²) >= 11 is 3.53. The molecule has 2 heteroatoms. The molecule has 0 spiro atoms. The average Bonchev–Trinajstić information content (AvgIpc) is 2.77. The highest BCUT2D eigenvalue weighted by Crippen LogP contribution is 2.24. The molecule has 4 rings (SSSR count). The second kappa shape index (κ2) is 12.7. The average molecular weight is 446 g/mol. The molecule has 0 unspecified atom stereocenters. The zero-order chi connectivity index (χ0) is 20.9. The van der Waals surface area contributed by atoms with Crippen LogP contribution in [0.4, 0.5) is 0 Å². The van der Waals surface area contributed by atoms with E-state index in [-0.39, 0.29) is 0 Å². The fourth-order valence-electron chi connectivity index (χ4n) is 2.89. The molecule has 0 radical (unpaired) electrons. The van der Waals surface area contributed by atoms with E-state index in [1.54, 1.807) is 0 Å².